The Hall–Kier alpha value is -2.04. The van der Waals surface area contributed by atoms with Gasteiger partial charge in [0.1, 0.15) is 0 Å². The Morgan fingerprint density at radius 1 is 1.12 bits per heavy atom. The molecule has 0 N–H and O–H groups in total. The van der Waals surface area contributed by atoms with E-state index in [9.17, 15) is 9.59 Å². The quantitative estimate of drug-likeness (QED) is 0.770. The summed E-state index contributed by atoms with van der Waals surface area (Å²) in [6.07, 6.45) is 1.83. The Morgan fingerprint density at radius 2 is 1.92 bits per heavy atom. The van der Waals surface area contributed by atoms with E-state index in [4.69, 9.17) is 27.9 Å². The third kappa shape index (κ3) is 3.55. The summed E-state index contributed by atoms with van der Waals surface area (Å²) in [5, 5.41) is 0.626. The van der Waals surface area contributed by atoms with Crippen LogP contribution in [0.1, 0.15) is 22.3 Å². The van der Waals surface area contributed by atoms with Crippen molar-refractivity contribution in [3.05, 3.63) is 63.6 Å². The van der Waals surface area contributed by atoms with E-state index in [0.717, 1.165) is 24.1 Å². The van der Waals surface area contributed by atoms with Crippen molar-refractivity contribution in [2.45, 2.75) is 12.8 Å². The average molecular weight is 364 g/mol. The molecule has 0 fully saturated rings. The van der Waals surface area contributed by atoms with Crippen molar-refractivity contribution in [2.24, 2.45) is 0 Å². The van der Waals surface area contributed by atoms with Gasteiger partial charge in [-0.3, -0.25) is 4.79 Å². The SMILES string of the molecule is O=C(OCC(=O)N1CCCc2ccccc21)c1ccc(Cl)cc1Cl. The maximum Gasteiger partial charge on any atom is 0.340 e. The minimum atomic E-state index is -0.643. The number of carbonyl (C=O) groups excluding carboxylic acids is 2. The predicted octanol–water partition coefficient (Wildman–Crippen LogP) is 4.13. The Balaban J connectivity index is 1.67. The van der Waals surface area contributed by atoms with Crippen LogP contribution in [0, 0.1) is 0 Å². The Bertz CT molecular complexity index is 792. The van der Waals surface area contributed by atoms with Crippen LogP contribution in [0.5, 0.6) is 0 Å². The van der Waals surface area contributed by atoms with Crippen molar-refractivity contribution < 1.29 is 14.3 Å². The first kappa shape index (κ1) is 16.8. The number of para-hydroxylation sites is 1. The molecule has 0 saturated carbocycles. The van der Waals surface area contributed by atoms with Crippen LogP contribution in [-0.4, -0.2) is 25.0 Å². The van der Waals surface area contributed by atoms with Crippen LogP contribution in [0.25, 0.3) is 0 Å². The summed E-state index contributed by atoms with van der Waals surface area (Å²) in [7, 11) is 0. The first-order valence-electron chi connectivity index (χ1n) is 7.56. The summed E-state index contributed by atoms with van der Waals surface area (Å²) in [6.45, 7) is 0.293. The number of aryl methyl sites for hydroxylation is 1. The number of rotatable bonds is 3. The number of anilines is 1. The van der Waals surface area contributed by atoms with Gasteiger partial charge in [0, 0.05) is 17.3 Å². The second-order valence-electron chi connectivity index (χ2n) is 5.48. The highest BCUT2D eigenvalue weighted by atomic mass is 35.5. The molecule has 124 valence electrons. The molecule has 1 aliphatic rings. The van der Waals surface area contributed by atoms with Gasteiger partial charge in [0.2, 0.25) is 0 Å². The van der Waals surface area contributed by atoms with Crippen molar-refractivity contribution in [1.29, 1.82) is 0 Å². The number of fused-ring (bicyclic) bond motifs is 1. The molecule has 3 rings (SSSR count). The van der Waals surface area contributed by atoms with E-state index in [1.54, 1.807) is 11.0 Å². The highest BCUT2D eigenvalue weighted by Gasteiger charge is 2.23. The van der Waals surface area contributed by atoms with Crippen LogP contribution < -0.4 is 4.90 Å². The summed E-state index contributed by atoms with van der Waals surface area (Å²) < 4.78 is 5.12. The fraction of sp³-hybridized carbons (Fsp3) is 0.222. The zero-order valence-electron chi connectivity index (χ0n) is 12.8. The van der Waals surface area contributed by atoms with Crippen LogP contribution >= 0.6 is 23.2 Å². The molecule has 4 nitrogen and oxygen atoms in total. The van der Waals surface area contributed by atoms with Crippen LogP contribution in [-0.2, 0) is 16.0 Å². The van der Waals surface area contributed by atoms with E-state index in [0.29, 0.717) is 11.6 Å². The Labute approximate surface area is 149 Å². The zero-order chi connectivity index (χ0) is 17.1. The largest absolute Gasteiger partial charge is 0.452 e. The van der Waals surface area contributed by atoms with Crippen LogP contribution in [0.15, 0.2) is 42.5 Å². The van der Waals surface area contributed by atoms with Crippen LogP contribution in [0.3, 0.4) is 0 Å². The molecule has 0 unspecified atom stereocenters. The number of benzene rings is 2. The molecule has 0 spiro atoms. The standard InChI is InChI=1S/C18H15Cl2NO3/c19-13-7-8-14(15(20)10-13)18(23)24-11-17(22)21-9-3-5-12-4-1-2-6-16(12)21/h1-2,4,6-8,10H,3,5,9,11H2. The number of halogens is 2. The third-order valence-corrected chi connectivity index (χ3v) is 4.44. The fourth-order valence-electron chi connectivity index (χ4n) is 2.73. The van der Waals surface area contributed by atoms with Crippen molar-refractivity contribution in [3.63, 3.8) is 0 Å². The van der Waals surface area contributed by atoms with Crippen molar-refractivity contribution in [3.8, 4) is 0 Å². The van der Waals surface area contributed by atoms with Gasteiger partial charge >= 0.3 is 5.97 Å². The van der Waals surface area contributed by atoms with E-state index in [1.165, 1.54) is 12.1 Å². The number of nitrogens with zero attached hydrogens (tertiary/aromatic N) is 1. The number of carbonyl (C=O) groups is 2. The van der Waals surface area contributed by atoms with Gasteiger partial charge in [-0.1, -0.05) is 41.4 Å². The van der Waals surface area contributed by atoms with E-state index >= 15 is 0 Å². The lowest BCUT2D eigenvalue weighted by Crippen LogP contribution is -2.38. The summed E-state index contributed by atoms with van der Waals surface area (Å²) in [5.41, 5.74) is 2.20. The minimum absolute atomic E-state index is 0.188. The van der Waals surface area contributed by atoms with E-state index in [1.807, 2.05) is 24.3 Å². The first-order chi connectivity index (χ1) is 11.6. The molecular formula is C18H15Cl2NO3. The molecule has 2 aromatic rings. The molecule has 2 aromatic carbocycles. The monoisotopic (exact) mass is 363 g/mol. The van der Waals surface area contributed by atoms with Gasteiger partial charge in [-0.15, -0.1) is 0 Å². The number of amides is 1. The highest BCUT2D eigenvalue weighted by molar-refractivity contribution is 6.36. The normalized spacial score (nSPS) is 13.3. The average Bonchev–Trinajstić information content (AvgIpc) is 2.59. The van der Waals surface area contributed by atoms with Crippen LogP contribution in [0.2, 0.25) is 10.0 Å². The minimum Gasteiger partial charge on any atom is -0.452 e. The molecule has 1 amide bonds. The van der Waals surface area contributed by atoms with E-state index in [-0.39, 0.29) is 23.1 Å². The predicted molar refractivity (Wildman–Crippen MR) is 93.9 cm³/mol. The molecule has 0 aliphatic carbocycles. The summed E-state index contributed by atoms with van der Waals surface area (Å²) in [6, 6.07) is 12.3. The maximum absolute atomic E-state index is 12.4. The molecule has 0 bridgehead atoms. The topological polar surface area (TPSA) is 46.6 Å². The second kappa shape index (κ2) is 7.24. The van der Waals surface area contributed by atoms with Gasteiger partial charge in [-0.25, -0.2) is 4.79 Å². The van der Waals surface area contributed by atoms with Gasteiger partial charge in [-0.05, 0) is 42.7 Å². The zero-order valence-corrected chi connectivity index (χ0v) is 14.3. The molecule has 0 saturated heterocycles. The lowest BCUT2D eigenvalue weighted by atomic mass is 10.0. The van der Waals surface area contributed by atoms with E-state index < -0.39 is 5.97 Å². The van der Waals surface area contributed by atoms with Gasteiger partial charge in [-0.2, -0.15) is 0 Å². The molecule has 0 atom stereocenters. The first-order valence-corrected chi connectivity index (χ1v) is 8.32. The number of ether oxygens (including phenoxy) is 1. The van der Waals surface area contributed by atoms with Crippen molar-refractivity contribution in [2.75, 3.05) is 18.1 Å². The van der Waals surface area contributed by atoms with Gasteiger partial charge in [0.25, 0.3) is 5.91 Å². The molecule has 24 heavy (non-hydrogen) atoms. The second-order valence-corrected chi connectivity index (χ2v) is 6.32. The van der Waals surface area contributed by atoms with Crippen LogP contribution in [0.4, 0.5) is 5.69 Å². The number of hydrogen-bond acceptors (Lipinski definition) is 3. The number of hydrogen-bond donors (Lipinski definition) is 0. The lowest BCUT2D eigenvalue weighted by molar-refractivity contribution is -0.121. The molecule has 0 aromatic heterocycles. The summed E-state index contributed by atoms with van der Waals surface area (Å²) in [5.74, 6) is -0.893. The Morgan fingerprint density at radius 3 is 2.71 bits per heavy atom. The van der Waals surface area contributed by atoms with E-state index in [2.05, 4.69) is 0 Å². The third-order valence-electron chi connectivity index (χ3n) is 3.89. The smallest absolute Gasteiger partial charge is 0.340 e. The van der Waals surface area contributed by atoms with Gasteiger partial charge in [0.15, 0.2) is 6.61 Å². The molecule has 0 radical (unpaired) electrons. The maximum atomic E-state index is 12.4. The summed E-state index contributed by atoms with van der Waals surface area (Å²) >= 11 is 11.8. The molecular weight excluding hydrogens is 349 g/mol. The summed E-state index contributed by atoms with van der Waals surface area (Å²) in [4.78, 5) is 26.2. The molecule has 1 heterocycles. The lowest BCUT2D eigenvalue weighted by Gasteiger charge is -2.29. The highest BCUT2D eigenvalue weighted by Crippen LogP contribution is 2.27. The van der Waals surface area contributed by atoms with Gasteiger partial charge < -0.3 is 9.64 Å². The van der Waals surface area contributed by atoms with Gasteiger partial charge in [0.05, 0.1) is 10.6 Å². The molecule has 1 aliphatic heterocycles. The van der Waals surface area contributed by atoms with Crippen molar-refractivity contribution in [1.82, 2.24) is 0 Å². The van der Waals surface area contributed by atoms with Crippen molar-refractivity contribution >= 4 is 40.8 Å². The fourth-order valence-corrected chi connectivity index (χ4v) is 3.22. The number of esters is 1. The molecule has 6 heteroatoms. The Kier molecular flexibility index (Phi) is 5.07.